The van der Waals surface area contributed by atoms with Crippen LogP contribution in [0.3, 0.4) is 0 Å². The van der Waals surface area contributed by atoms with Gasteiger partial charge in [-0.15, -0.1) is 0 Å². The molecule has 1 aliphatic rings. The molecule has 1 fully saturated rings. The molecule has 2 heterocycles. The Morgan fingerprint density at radius 3 is 2.79 bits per heavy atom. The average molecular weight is 267 g/mol. The second-order valence-electron chi connectivity index (χ2n) is 4.71. The molecule has 104 valence electrons. The van der Waals surface area contributed by atoms with Crippen LogP contribution in [0.5, 0.6) is 0 Å². The molecule has 1 aliphatic heterocycles. The van der Waals surface area contributed by atoms with Crippen LogP contribution in [0.2, 0.25) is 0 Å². The van der Waals surface area contributed by atoms with Gasteiger partial charge >= 0.3 is 5.97 Å². The van der Waals surface area contributed by atoms with Crippen molar-refractivity contribution >= 4 is 11.9 Å². The highest BCUT2D eigenvalue weighted by Gasteiger charge is 2.37. The fraction of sp³-hybridized carbons (Fsp3) is 0.538. The number of hydrogen-bond acceptors (Lipinski definition) is 4. The number of ether oxygens (including phenoxy) is 1. The molecule has 6 heteroatoms. The van der Waals surface area contributed by atoms with Crippen molar-refractivity contribution in [3.05, 3.63) is 23.7 Å². The van der Waals surface area contributed by atoms with Gasteiger partial charge < -0.3 is 19.2 Å². The minimum absolute atomic E-state index is 0.0781. The van der Waals surface area contributed by atoms with E-state index >= 15 is 0 Å². The van der Waals surface area contributed by atoms with Crippen molar-refractivity contribution in [1.29, 1.82) is 0 Å². The molecule has 0 radical (unpaired) electrons. The minimum atomic E-state index is -0.921. The number of carbonyl (C=O) groups excluding carboxylic acids is 1. The highest BCUT2D eigenvalue weighted by molar-refractivity contribution is 5.92. The summed E-state index contributed by atoms with van der Waals surface area (Å²) in [6, 6.07) is 2.97. The van der Waals surface area contributed by atoms with Crippen LogP contribution >= 0.6 is 0 Å². The Balaban J connectivity index is 2.15. The first kappa shape index (κ1) is 13.6. The molecule has 1 aromatic heterocycles. The van der Waals surface area contributed by atoms with Gasteiger partial charge in [0.15, 0.2) is 5.76 Å². The summed E-state index contributed by atoms with van der Waals surface area (Å²) in [7, 11) is 1.56. The molecular weight excluding hydrogens is 250 g/mol. The molecule has 0 bridgehead atoms. The van der Waals surface area contributed by atoms with Gasteiger partial charge in [-0.25, -0.2) is 0 Å². The van der Waals surface area contributed by atoms with Crippen molar-refractivity contribution in [2.75, 3.05) is 13.7 Å². The number of carboxylic acids is 1. The van der Waals surface area contributed by atoms with E-state index in [0.717, 1.165) is 0 Å². The number of furan rings is 1. The number of aliphatic carboxylic acids is 1. The second kappa shape index (κ2) is 5.44. The average Bonchev–Trinajstić information content (AvgIpc) is 2.94. The maximum atomic E-state index is 12.3. The molecule has 1 saturated heterocycles. The number of rotatable bonds is 4. The number of hydrogen-bond donors (Lipinski definition) is 1. The SMILES string of the molecule is COC1CC(CC(=O)O)N(C(=O)c2ccc(C)o2)C1. The Kier molecular flexibility index (Phi) is 3.90. The Morgan fingerprint density at radius 2 is 2.26 bits per heavy atom. The minimum Gasteiger partial charge on any atom is -0.481 e. The first-order valence-electron chi connectivity index (χ1n) is 6.13. The van der Waals surface area contributed by atoms with Crippen molar-refractivity contribution in [1.82, 2.24) is 4.90 Å². The number of nitrogens with zero attached hydrogens (tertiary/aromatic N) is 1. The van der Waals surface area contributed by atoms with E-state index in [4.69, 9.17) is 14.3 Å². The predicted octanol–water partition coefficient (Wildman–Crippen LogP) is 1.29. The predicted molar refractivity (Wildman–Crippen MR) is 65.9 cm³/mol. The normalized spacial score (nSPS) is 22.7. The van der Waals surface area contributed by atoms with E-state index in [1.165, 1.54) is 4.90 Å². The molecule has 6 nitrogen and oxygen atoms in total. The van der Waals surface area contributed by atoms with E-state index in [2.05, 4.69) is 0 Å². The van der Waals surface area contributed by atoms with Gasteiger partial charge in [0.2, 0.25) is 0 Å². The zero-order chi connectivity index (χ0) is 14.0. The number of methoxy groups -OCH3 is 1. The Bertz CT molecular complexity index is 481. The van der Waals surface area contributed by atoms with Gasteiger partial charge in [0.05, 0.1) is 12.5 Å². The Morgan fingerprint density at radius 1 is 1.53 bits per heavy atom. The third-order valence-electron chi connectivity index (χ3n) is 3.33. The summed E-state index contributed by atoms with van der Waals surface area (Å²) in [5, 5.41) is 8.90. The van der Waals surface area contributed by atoms with E-state index in [1.54, 1.807) is 26.2 Å². The topological polar surface area (TPSA) is 80.0 Å². The lowest BCUT2D eigenvalue weighted by Gasteiger charge is -2.21. The van der Waals surface area contributed by atoms with Gasteiger partial charge in [-0.1, -0.05) is 0 Å². The molecule has 0 aromatic carbocycles. The first-order valence-corrected chi connectivity index (χ1v) is 6.13. The largest absolute Gasteiger partial charge is 0.481 e. The molecule has 0 saturated carbocycles. The first-order chi connectivity index (χ1) is 9.01. The van der Waals surface area contributed by atoms with E-state index < -0.39 is 5.97 Å². The standard InChI is InChI=1S/C13H17NO5/c1-8-3-4-11(19-8)13(17)14-7-10(18-2)5-9(14)6-12(15)16/h3-4,9-10H,5-7H2,1-2H3,(H,15,16). The van der Waals surface area contributed by atoms with Crippen LogP contribution in [0.1, 0.15) is 29.2 Å². The van der Waals surface area contributed by atoms with Gasteiger partial charge in [-0.2, -0.15) is 0 Å². The summed E-state index contributed by atoms with van der Waals surface area (Å²) >= 11 is 0. The number of carbonyl (C=O) groups is 2. The van der Waals surface area contributed by atoms with Crippen molar-refractivity contribution in [2.45, 2.75) is 31.9 Å². The number of likely N-dealkylation sites (tertiary alicyclic amines) is 1. The highest BCUT2D eigenvalue weighted by atomic mass is 16.5. The highest BCUT2D eigenvalue weighted by Crippen LogP contribution is 2.25. The van der Waals surface area contributed by atoms with Crippen LogP contribution in [-0.2, 0) is 9.53 Å². The number of amides is 1. The lowest BCUT2D eigenvalue weighted by atomic mass is 10.1. The van der Waals surface area contributed by atoms with Crippen LogP contribution in [0.15, 0.2) is 16.5 Å². The van der Waals surface area contributed by atoms with E-state index in [0.29, 0.717) is 18.7 Å². The lowest BCUT2D eigenvalue weighted by Crippen LogP contribution is -2.37. The van der Waals surface area contributed by atoms with Crippen molar-refractivity contribution in [2.24, 2.45) is 0 Å². The molecule has 2 rings (SSSR count). The summed E-state index contributed by atoms with van der Waals surface area (Å²) in [6.45, 7) is 2.15. The molecule has 0 aliphatic carbocycles. The fourth-order valence-corrected chi connectivity index (χ4v) is 2.38. The van der Waals surface area contributed by atoms with Crippen LogP contribution in [0.4, 0.5) is 0 Å². The molecule has 2 unspecified atom stereocenters. The van der Waals surface area contributed by atoms with Crippen molar-refractivity contribution < 1.29 is 23.8 Å². The Hall–Kier alpha value is -1.82. The maximum Gasteiger partial charge on any atom is 0.305 e. The molecule has 1 amide bonds. The van der Waals surface area contributed by atoms with Crippen LogP contribution in [-0.4, -0.2) is 47.7 Å². The summed E-state index contributed by atoms with van der Waals surface area (Å²) in [4.78, 5) is 24.7. The smallest absolute Gasteiger partial charge is 0.305 e. The monoisotopic (exact) mass is 267 g/mol. The summed E-state index contributed by atoms with van der Waals surface area (Å²) in [5.41, 5.74) is 0. The van der Waals surface area contributed by atoms with Crippen LogP contribution < -0.4 is 0 Å². The third-order valence-corrected chi connectivity index (χ3v) is 3.33. The fourth-order valence-electron chi connectivity index (χ4n) is 2.38. The zero-order valence-corrected chi connectivity index (χ0v) is 11.0. The summed E-state index contributed by atoms with van der Waals surface area (Å²) in [5.74, 6) is -0.306. The molecular formula is C13H17NO5. The molecule has 1 aromatic rings. The summed E-state index contributed by atoms with van der Waals surface area (Å²) in [6.07, 6.45) is 0.337. The molecule has 19 heavy (non-hydrogen) atoms. The van der Waals surface area contributed by atoms with Crippen molar-refractivity contribution in [3.63, 3.8) is 0 Å². The van der Waals surface area contributed by atoms with Gasteiger partial charge in [0, 0.05) is 19.7 Å². The Labute approximate surface area is 110 Å². The third kappa shape index (κ3) is 2.96. The van der Waals surface area contributed by atoms with E-state index in [-0.39, 0.29) is 30.2 Å². The zero-order valence-electron chi connectivity index (χ0n) is 11.0. The van der Waals surface area contributed by atoms with Crippen LogP contribution in [0.25, 0.3) is 0 Å². The van der Waals surface area contributed by atoms with Gasteiger partial charge in [-0.3, -0.25) is 9.59 Å². The molecule has 2 atom stereocenters. The van der Waals surface area contributed by atoms with Gasteiger partial charge in [-0.05, 0) is 25.5 Å². The summed E-state index contributed by atoms with van der Waals surface area (Å²) < 4.78 is 10.5. The second-order valence-corrected chi connectivity index (χ2v) is 4.71. The molecule has 1 N–H and O–H groups in total. The van der Waals surface area contributed by atoms with E-state index in [1.807, 2.05) is 0 Å². The van der Waals surface area contributed by atoms with Crippen LogP contribution in [0, 0.1) is 6.92 Å². The number of aryl methyl sites for hydroxylation is 1. The number of carboxylic acid groups (broad SMARTS) is 1. The van der Waals surface area contributed by atoms with Gasteiger partial charge in [0.25, 0.3) is 5.91 Å². The maximum absolute atomic E-state index is 12.3. The van der Waals surface area contributed by atoms with E-state index in [9.17, 15) is 9.59 Å². The quantitative estimate of drug-likeness (QED) is 0.889. The lowest BCUT2D eigenvalue weighted by molar-refractivity contribution is -0.138. The molecule has 0 spiro atoms. The van der Waals surface area contributed by atoms with Gasteiger partial charge in [0.1, 0.15) is 5.76 Å². The van der Waals surface area contributed by atoms with Crippen molar-refractivity contribution in [3.8, 4) is 0 Å².